The van der Waals surface area contributed by atoms with Crippen LogP contribution in [0, 0.1) is 5.92 Å². The number of fused-ring (bicyclic) bond motifs is 1. The first-order valence-electron chi connectivity index (χ1n) is 7.78. The Morgan fingerprint density at radius 3 is 2.90 bits per heavy atom. The largest absolute Gasteiger partial charge is 0.350 e. The third-order valence-corrected chi connectivity index (χ3v) is 4.69. The van der Waals surface area contributed by atoms with E-state index in [1.807, 2.05) is 0 Å². The third-order valence-electron chi connectivity index (χ3n) is 4.69. The predicted molar refractivity (Wildman–Crippen MR) is 83.0 cm³/mol. The summed E-state index contributed by atoms with van der Waals surface area (Å²) in [5, 5.41) is 1.34. The highest BCUT2D eigenvalue weighted by atomic mass is 16.1. The van der Waals surface area contributed by atoms with Crippen molar-refractivity contribution >= 4 is 16.7 Å². The average molecular weight is 269 g/mol. The van der Waals surface area contributed by atoms with Gasteiger partial charge in [-0.3, -0.25) is 4.79 Å². The number of carbonyl (C=O) groups is 1. The van der Waals surface area contributed by atoms with Crippen LogP contribution in [0.5, 0.6) is 0 Å². The topological polar surface area (TPSA) is 22.0 Å². The van der Waals surface area contributed by atoms with Crippen LogP contribution in [-0.4, -0.2) is 10.4 Å². The number of hydrogen-bond donors (Lipinski definition) is 0. The molecule has 0 aliphatic heterocycles. The molecule has 2 heteroatoms. The number of nitrogens with zero attached hydrogens (tertiary/aromatic N) is 1. The zero-order valence-electron chi connectivity index (χ0n) is 12.5. The normalized spacial score (nSPS) is 19.7. The molecule has 1 atom stereocenters. The lowest BCUT2D eigenvalue weighted by molar-refractivity contribution is -0.124. The van der Waals surface area contributed by atoms with Crippen molar-refractivity contribution in [2.45, 2.75) is 45.4 Å². The van der Waals surface area contributed by atoms with E-state index in [0.29, 0.717) is 5.78 Å². The number of aromatic nitrogens is 1. The summed E-state index contributed by atoms with van der Waals surface area (Å²) in [7, 11) is 2.10. The first-order chi connectivity index (χ1) is 9.69. The van der Waals surface area contributed by atoms with Gasteiger partial charge in [0.2, 0.25) is 0 Å². The summed E-state index contributed by atoms with van der Waals surface area (Å²) < 4.78 is 2.19. The van der Waals surface area contributed by atoms with E-state index in [-0.39, 0.29) is 5.92 Å². The molecule has 2 aromatic rings. The smallest absolute Gasteiger partial charge is 0.136 e. The molecular formula is C18H23NO. The Bertz CT molecular complexity index is 638. The number of benzene rings is 1. The van der Waals surface area contributed by atoms with Gasteiger partial charge in [0.1, 0.15) is 5.78 Å². The standard InChI is InChI=1S/C18H23NO/c1-3-13-8-9-17-16(10-13)15(12-19(17)2)11-14-6-4-5-7-18(14)20/h8-10,12,14H,3-7,11H2,1-2H3. The van der Waals surface area contributed by atoms with Gasteiger partial charge in [-0.25, -0.2) is 0 Å². The van der Waals surface area contributed by atoms with Crippen molar-refractivity contribution in [3.8, 4) is 0 Å². The van der Waals surface area contributed by atoms with Crippen LogP contribution in [0.25, 0.3) is 10.9 Å². The fourth-order valence-electron chi connectivity index (χ4n) is 3.44. The lowest BCUT2D eigenvalue weighted by Gasteiger charge is -2.20. The van der Waals surface area contributed by atoms with E-state index < -0.39 is 0 Å². The van der Waals surface area contributed by atoms with Crippen LogP contribution in [-0.2, 0) is 24.7 Å². The molecule has 1 aromatic heterocycles. The molecule has 1 aliphatic rings. The highest BCUT2D eigenvalue weighted by molar-refractivity contribution is 5.86. The lowest BCUT2D eigenvalue weighted by Crippen LogP contribution is -2.20. The van der Waals surface area contributed by atoms with Crippen LogP contribution in [0.3, 0.4) is 0 Å². The first-order valence-corrected chi connectivity index (χ1v) is 7.78. The maximum Gasteiger partial charge on any atom is 0.136 e. The second-order valence-corrected chi connectivity index (χ2v) is 6.08. The molecule has 1 aliphatic carbocycles. The van der Waals surface area contributed by atoms with Crippen LogP contribution < -0.4 is 0 Å². The molecule has 1 fully saturated rings. The van der Waals surface area contributed by atoms with E-state index >= 15 is 0 Å². The van der Waals surface area contributed by atoms with Crippen molar-refractivity contribution in [2.24, 2.45) is 13.0 Å². The van der Waals surface area contributed by atoms with E-state index in [4.69, 9.17) is 0 Å². The van der Waals surface area contributed by atoms with E-state index in [1.54, 1.807) is 0 Å². The summed E-state index contributed by atoms with van der Waals surface area (Å²) in [6, 6.07) is 6.72. The van der Waals surface area contributed by atoms with Crippen LogP contribution in [0.4, 0.5) is 0 Å². The van der Waals surface area contributed by atoms with Gasteiger partial charge in [0.25, 0.3) is 0 Å². The summed E-state index contributed by atoms with van der Waals surface area (Å²) >= 11 is 0. The van der Waals surface area contributed by atoms with E-state index in [2.05, 4.69) is 42.9 Å². The van der Waals surface area contributed by atoms with Gasteiger partial charge in [0.05, 0.1) is 0 Å². The molecule has 0 spiro atoms. The second kappa shape index (κ2) is 5.43. The number of aryl methyl sites for hydroxylation is 2. The van der Waals surface area contributed by atoms with E-state index in [9.17, 15) is 4.79 Å². The minimum Gasteiger partial charge on any atom is -0.350 e. The average Bonchev–Trinajstić information content (AvgIpc) is 2.77. The molecule has 0 saturated heterocycles. The summed E-state index contributed by atoms with van der Waals surface area (Å²) in [6.07, 6.45) is 8.35. The molecule has 2 nitrogen and oxygen atoms in total. The van der Waals surface area contributed by atoms with Gasteiger partial charge in [-0.2, -0.15) is 0 Å². The Kier molecular flexibility index (Phi) is 3.64. The molecule has 3 rings (SSSR count). The van der Waals surface area contributed by atoms with Gasteiger partial charge < -0.3 is 4.57 Å². The molecule has 1 heterocycles. The maximum absolute atomic E-state index is 12.1. The first kappa shape index (κ1) is 13.4. The van der Waals surface area contributed by atoms with Gasteiger partial charge in [0.15, 0.2) is 0 Å². The molecule has 1 saturated carbocycles. The second-order valence-electron chi connectivity index (χ2n) is 6.08. The van der Waals surface area contributed by atoms with Crippen LogP contribution in [0.1, 0.15) is 43.7 Å². The Balaban J connectivity index is 1.96. The van der Waals surface area contributed by atoms with Crippen LogP contribution >= 0.6 is 0 Å². The maximum atomic E-state index is 12.1. The summed E-state index contributed by atoms with van der Waals surface area (Å²) in [4.78, 5) is 12.1. The zero-order valence-corrected chi connectivity index (χ0v) is 12.5. The quantitative estimate of drug-likeness (QED) is 0.824. The molecule has 0 N–H and O–H groups in total. The van der Waals surface area contributed by atoms with E-state index in [1.165, 1.54) is 28.5 Å². The molecule has 0 amide bonds. The van der Waals surface area contributed by atoms with Crippen molar-refractivity contribution in [1.29, 1.82) is 0 Å². The summed E-state index contributed by atoms with van der Waals surface area (Å²) in [5.41, 5.74) is 4.00. The fourth-order valence-corrected chi connectivity index (χ4v) is 3.44. The van der Waals surface area contributed by atoms with Crippen molar-refractivity contribution in [3.05, 3.63) is 35.5 Å². The number of rotatable bonds is 3. The third kappa shape index (κ3) is 2.39. The van der Waals surface area contributed by atoms with Crippen molar-refractivity contribution < 1.29 is 4.79 Å². The van der Waals surface area contributed by atoms with Gasteiger partial charge in [-0.05, 0) is 48.9 Å². The number of ketones is 1. The van der Waals surface area contributed by atoms with Gasteiger partial charge >= 0.3 is 0 Å². The molecule has 20 heavy (non-hydrogen) atoms. The van der Waals surface area contributed by atoms with Crippen LogP contribution in [0.2, 0.25) is 0 Å². The number of carbonyl (C=O) groups excluding carboxylic acids is 1. The number of hydrogen-bond acceptors (Lipinski definition) is 1. The lowest BCUT2D eigenvalue weighted by atomic mass is 9.83. The van der Waals surface area contributed by atoms with Gasteiger partial charge in [-0.1, -0.05) is 19.4 Å². The minimum absolute atomic E-state index is 0.250. The van der Waals surface area contributed by atoms with Crippen molar-refractivity contribution in [2.75, 3.05) is 0 Å². The Labute approximate surface area is 120 Å². The SMILES string of the molecule is CCc1ccc2c(c1)c(CC1CCCCC1=O)cn2C. The molecule has 0 bridgehead atoms. The molecule has 1 aromatic carbocycles. The summed E-state index contributed by atoms with van der Waals surface area (Å²) in [5.74, 6) is 0.722. The van der Waals surface area contributed by atoms with Crippen molar-refractivity contribution in [1.82, 2.24) is 4.57 Å². The zero-order chi connectivity index (χ0) is 14.1. The molecule has 106 valence electrons. The highest BCUT2D eigenvalue weighted by Gasteiger charge is 2.23. The van der Waals surface area contributed by atoms with Gasteiger partial charge in [0, 0.05) is 36.5 Å². The highest BCUT2D eigenvalue weighted by Crippen LogP contribution is 2.29. The predicted octanol–water partition coefficient (Wildman–Crippen LogP) is 4.04. The number of Topliss-reactive ketones (excluding diaryl/α,β-unsaturated/α-hetero) is 1. The minimum atomic E-state index is 0.250. The van der Waals surface area contributed by atoms with E-state index in [0.717, 1.165) is 32.1 Å². The van der Waals surface area contributed by atoms with Crippen LogP contribution in [0.15, 0.2) is 24.4 Å². The summed E-state index contributed by atoms with van der Waals surface area (Å²) in [6.45, 7) is 2.19. The monoisotopic (exact) mass is 269 g/mol. The molecule has 0 radical (unpaired) electrons. The Morgan fingerprint density at radius 2 is 2.15 bits per heavy atom. The van der Waals surface area contributed by atoms with Gasteiger partial charge in [-0.15, -0.1) is 0 Å². The van der Waals surface area contributed by atoms with Crippen molar-refractivity contribution in [3.63, 3.8) is 0 Å². The molecular weight excluding hydrogens is 246 g/mol. The Hall–Kier alpha value is -1.57. The molecule has 1 unspecified atom stereocenters. The fraction of sp³-hybridized carbons (Fsp3) is 0.500. The Morgan fingerprint density at radius 1 is 1.30 bits per heavy atom.